The fraction of sp³-hybridized carbons (Fsp3) is 0.444. The number of hydrogen-bond acceptors (Lipinski definition) is 4. The van der Waals surface area contributed by atoms with Crippen LogP contribution in [-0.4, -0.2) is 26.8 Å². The lowest BCUT2D eigenvalue weighted by Gasteiger charge is -2.24. The third-order valence-electron chi connectivity index (χ3n) is 5.43. The van der Waals surface area contributed by atoms with Gasteiger partial charge < -0.3 is 5.32 Å². The molecular weight excluding hydrogens is 350 g/mol. The van der Waals surface area contributed by atoms with Crippen molar-refractivity contribution in [1.29, 1.82) is 0 Å². The van der Waals surface area contributed by atoms with E-state index in [0.717, 1.165) is 22.4 Å². The van der Waals surface area contributed by atoms with Crippen molar-refractivity contribution < 1.29 is 4.79 Å². The number of fused-ring (bicyclic) bond motifs is 3. The second-order valence-corrected chi connectivity index (χ2v) is 7.53. The van der Waals surface area contributed by atoms with Gasteiger partial charge in [-0.1, -0.05) is 24.6 Å². The number of carbonyl (C=O) groups is 1. The Morgan fingerprint density at radius 1 is 1.23 bits per heavy atom. The molecule has 2 aliphatic carbocycles. The fourth-order valence-electron chi connectivity index (χ4n) is 4.17. The number of carbonyl (C=O) groups excluding carboxylic acids is 1. The Balaban J connectivity index is 1.31. The SMILES string of the molecule is O=C(Cn1ncc2ccccc2c1=O)NNC(=S)N[C@H]1C[C@H]2CC[C@H]1C2. The van der Waals surface area contributed by atoms with Crippen molar-refractivity contribution >= 4 is 34.0 Å². The Bertz CT molecular complexity index is 912. The normalized spacial score (nSPS) is 23.8. The van der Waals surface area contributed by atoms with Crippen LogP contribution in [0, 0.1) is 11.8 Å². The van der Waals surface area contributed by atoms with Gasteiger partial charge in [0.25, 0.3) is 11.5 Å². The molecule has 1 aromatic carbocycles. The summed E-state index contributed by atoms with van der Waals surface area (Å²) in [6.07, 6.45) is 6.60. The third-order valence-corrected chi connectivity index (χ3v) is 5.65. The lowest BCUT2D eigenvalue weighted by molar-refractivity contribution is -0.122. The standard InChI is InChI=1S/C18H21N5O2S/c24-16(10-23-17(25)14-4-2-1-3-13(14)9-19-23)21-22-18(26)20-15-8-11-5-6-12(15)7-11/h1-4,9,11-12,15H,5-8,10H2,(H,21,24)(H2,20,22,26)/t11-,12-,15-/m0/s1. The van der Waals surface area contributed by atoms with Crippen molar-refractivity contribution in [3.63, 3.8) is 0 Å². The first kappa shape index (κ1) is 17.0. The summed E-state index contributed by atoms with van der Waals surface area (Å²) >= 11 is 5.26. The Hall–Kier alpha value is -2.48. The number of rotatable bonds is 3. The van der Waals surface area contributed by atoms with Crippen LogP contribution in [0.15, 0.2) is 35.3 Å². The first-order valence-electron chi connectivity index (χ1n) is 8.90. The van der Waals surface area contributed by atoms with Gasteiger partial charge >= 0.3 is 0 Å². The maximum Gasteiger partial charge on any atom is 0.275 e. The van der Waals surface area contributed by atoms with E-state index in [1.807, 2.05) is 12.1 Å². The van der Waals surface area contributed by atoms with E-state index in [-0.39, 0.29) is 18.0 Å². The van der Waals surface area contributed by atoms with Gasteiger partial charge in [-0.05, 0) is 49.4 Å². The molecule has 0 aliphatic heterocycles. The van der Waals surface area contributed by atoms with Gasteiger partial charge in [-0.15, -0.1) is 0 Å². The van der Waals surface area contributed by atoms with E-state index in [9.17, 15) is 9.59 Å². The number of aromatic nitrogens is 2. The first-order chi connectivity index (χ1) is 12.6. The van der Waals surface area contributed by atoms with Crippen LogP contribution in [0.2, 0.25) is 0 Å². The molecule has 2 bridgehead atoms. The van der Waals surface area contributed by atoms with Gasteiger partial charge in [0, 0.05) is 11.4 Å². The molecule has 136 valence electrons. The van der Waals surface area contributed by atoms with Crippen LogP contribution in [-0.2, 0) is 11.3 Å². The number of nitrogens with one attached hydrogen (secondary N) is 3. The first-order valence-corrected chi connectivity index (χ1v) is 9.31. The topological polar surface area (TPSA) is 88.0 Å². The summed E-state index contributed by atoms with van der Waals surface area (Å²) in [5, 5.41) is 9.04. The Labute approximate surface area is 156 Å². The van der Waals surface area contributed by atoms with E-state index in [0.29, 0.717) is 22.5 Å². The van der Waals surface area contributed by atoms with E-state index in [4.69, 9.17) is 12.2 Å². The summed E-state index contributed by atoms with van der Waals surface area (Å²) in [6.45, 7) is -0.173. The highest BCUT2D eigenvalue weighted by Gasteiger charge is 2.39. The zero-order valence-corrected chi connectivity index (χ0v) is 15.1. The molecule has 1 aromatic heterocycles. The molecule has 0 unspecified atom stereocenters. The van der Waals surface area contributed by atoms with Gasteiger partial charge in [-0.25, -0.2) is 4.68 Å². The average molecular weight is 371 g/mol. The third kappa shape index (κ3) is 3.41. The van der Waals surface area contributed by atoms with Crippen molar-refractivity contribution in [2.75, 3.05) is 0 Å². The number of hydrogen-bond donors (Lipinski definition) is 3. The highest BCUT2D eigenvalue weighted by atomic mass is 32.1. The lowest BCUT2D eigenvalue weighted by Crippen LogP contribution is -2.51. The Morgan fingerprint density at radius 3 is 2.85 bits per heavy atom. The minimum Gasteiger partial charge on any atom is -0.358 e. The molecule has 0 radical (unpaired) electrons. The summed E-state index contributed by atoms with van der Waals surface area (Å²) in [6, 6.07) is 7.57. The Kier molecular flexibility index (Phi) is 4.58. The number of benzene rings is 1. The van der Waals surface area contributed by atoms with Crippen molar-refractivity contribution in [1.82, 2.24) is 25.9 Å². The fourth-order valence-corrected chi connectivity index (χ4v) is 4.37. The molecule has 2 aromatic rings. The molecule has 2 aliphatic rings. The molecule has 7 nitrogen and oxygen atoms in total. The number of hydrazine groups is 1. The molecule has 8 heteroatoms. The predicted octanol–water partition coefficient (Wildman–Crippen LogP) is 1.08. The van der Waals surface area contributed by atoms with Gasteiger partial charge in [0.05, 0.1) is 11.6 Å². The average Bonchev–Trinajstić information content (AvgIpc) is 3.26. The van der Waals surface area contributed by atoms with Crippen molar-refractivity contribution in [2.45, 2.75) is 38.3 Å². The van der Waals surface area contributed by atoms with E-state index >= 15 is 0 Å². The largest absolute Gasteiger partial charge is 0.358 e. The number of thiocarbonyl (C=S) groups is 1. The second-order valence-electron chi connectivity index (χ2n) is 7.12. The number of amides is 1. The summed E-state index contributed by atoms with van der Waals surface area (Å²) in [4.78, 5) is 24.5. The van der Waals surface area contributed by atoms with E-state index in [2.05, 4.69) is 21.3 Å². The molecule has 1 heterocycles. The smallest absolute Gasteiger partial charge is 0.275 e. The number of nitrogens with zero attached hydrogens (tertiary/aromatic N) is 2. The maximum absolute atomic E-state index is 12.4. The van der Waals surface area contributed by atoms with Gasteiger partial charge in [0.2, 0.25) is 0 Å². The van der Waals surface area contributed by atoms with Crippen LogP contribution in [0.25, 0.3) is 10.8 Å². The van der Waals surface area contributed by atoms with Crippen LogP contribution in [0.3, 0.4) is 0 Å². The van der Waals surface area contributed by atoms with Gasteiger partial charge in [0.1, 0.15) is 6.54 Å². The molecule has 26 heavy (non-hydrogen) atoms. The van der Waals surface area contributed by atoms with Gasteiger partial charge in [0.15, 0.2) is 5.11 Å². The quantitative estimate of drug-likeness (QED) is 0.553. The highest BCUT2D eigenvalue weighted by Crippen LogP contribution is 2.44. The summed E-state index contributed by atoms with van der Waals surface area (Å²) in [5.41, 5.74) is 4.96. The molecule has 3 N–H and O–H groups in total. The highest BCUT2D eigenvalue weighted by molar-refractivity contribution is 7.80. The van der Waals surface area contributed by atoms with Crippen LogP contribution < -0.4 is 21.7 Å². The van der Waals surface area contributed by atoms with Crippen molar-refractivity contribution in [3.8, 4) is 0 Å². The van der Waals surface area contributed by atoms with E-state index < -0.39 is 0 Å². The van der Waals surface area contributed by atoms with Crippen LogP contribution in [0.4, 0.5) is 0 Å². The van der Waals surface area contributed by atoms with Crippen molar-refractivity contribution in [2.24, 2.45) is 11.8 Å². The molecule has 1 amide bonds. The molecule has 2 fully saturated rings. The zero-order valence-electron chi connectivity index (χ0n) is 14.3. The van der Waals surface area contributed by atoms with Crippen molar-refractivity contribution in [3.05, 3.63) is 40.8 Å². The minimum atomic E-state index is -0.382. The monoisotopic (exact) mass is 371 g/mol. The lowest BCUT2D eigenvalue weighted by atomic mass is 9.96. The van der Waals surface area contributed by atoms with E-state index in [1.165, 1.54) is 19.3 Å². The van der Waals surface area contributed by atoms with Gasteiger partial charge in [-0.2, -0.15) is 5.10 Å². The van der Waals surface area contributed by atoms with Crippen LogP contribution >= 0.6 is 12.2 Å². The maximum atomic E-state index is 12.4. The second kappa shape index (κ2) is 7.03. The molecule has 4 rings (SSSR count). The van der Waals surface area contributed by atoms with Crippen LogP contribution in [0.5, 0.6) is 0 Å². The summed E-state index contributed by atoms with van der Waals surface area (Å²) in [7, 11) is 0. The molecule has 2 saturated carbocycles. The molecule has 3 atom stereocenters. The van der Waals surface area contributed by atoms with Crippen LogP contribution in [0.1, 0.15) is 25.7 Å². The predicted molar refractivity (Wildman–Crippen MR) is 102 cm³/mol. The molecular formula is C18H21N5O2S. The molecule has 0 saturated heterocycles. The minimum absolute atomic E-state index is 0.173. The molecule has 0 spiro atoms. The summed E-state index contributed by atoms with van der Waals surface area (Å²) in [5.74, 6) is 1.13. The Morgan fingerprint density at radius 2 is 2.08 bits per heavy atom. The zero-order chi connectivity index (χ0) is 18.1. The van der Waals surface area contributed by atoms with E-state index in [1.54, 1.807) is 18.3 Å². The summed E-state index contributed by atoms with van der Waals surface area (Å²) < 4.78 is 1.14. The van der Waals surface area contributed by atoms with Gasteiger partial charge in [-0.3, -0.25) is 20.4 Å².